The molecule has 0 atom stereocenters. The van der Waals surface area contributed by atoms with Gasteiger partial charge in [0, 0.05) is 23.0 Å². The van der Waals surface area contributed by atoms with Gasteiger partial charge in [-0.15, -0.1) is 0 Å². The smallest absolute Gasteiger partial charge is 0.178 e. The monoisotopic (exact) mass is 328 g/mol. The topological polar surface area (TPSA) is 43.3 Å². The Bertz CT molecular complexity index is 702. The largest absolute Gasteiger partial charge is 0.496 e. The van der Waals surface area contributed by atoms with Gasteiger partial charge in [-0.25, -0.2) is 0 Å². The molecule has 0 bridgehead atoms. The van der Waals surface area contributed by atoms with Gasteiger partial charge in [0.25, 0.3) is 0 Å². The van der Waals surface area contributed by atoms with Crippen LogP contribution in [0.25, 0.3) is 0 Å². The molecule has 0 fully saturated rings. The van der Waals surface area contributed by atoms with Gasteiger partial charge in [-0.05, 0) is 58.4 Å². The molecule has 4 heteroatoms. The number of hydrogen-bond donors (Lipinski definition) is 1. The molecule has 0 saturated heterocycles. The van der Waals surface area contributed by atoms with Crippen LogP contribution in [0.1, 0.15) is 47.2 Å². The summed E-state index contributed by atoms with van der Waals surface area (Å²) in [6.45, 7) is 9.46. The number of carbonyl (C=O) groups is 1. The van der Waals surface area contributed by atoms with Crippen molar-refractivity contribution in [2.24, 2.45) is 0 Å². The van der Waals surface area contributed by atoms with Gasteiger partial charge in [0.2, 0.25) is 0 Å². The van der Waals surface area contributed by atoms with E-state index >= 15 is 0 Å². The lowest BCUT2D eigenvalue weighted by Gasteiger charge is -2.13. The van der Waals surface area contributed by atoms with Crippen LogP contribution in [0.2, 0.25) is 0 Å². The first-order valence-corrected chi connectivity index (χ1v) is 8.50. The lowest BCUT2D eigenvalue weighted by atomic mass is 10.1. The lowest BCUT2D eigenvalue weighted by molar-refractivity contribution is 0.0990. The van der Waals surface area contributed by atoms with Gasteiger partial charge in [0.15, 0.2) is 5.78 Å². The number of nitrogens with one attached hydrogen (secondary N) is 1. The van der Waals surface area contributed by atoms with Gasteiger partial charge in [-0.1, -0.05) is 18.2 Å². The number of aryl methyl sites for hydroxylation is 1. The molecule has 2 aromatic rings. The molecule has 0 amide bonds. The predicted octanol–water partition coefficient (Wildman–Crippen LogP) is 3.71. The van der Waals surface area contributed by atoms with Crippen LogP contribution in [-0.2, 0) is 6.42 Å². The van der Waals surface area contributed by atoms with Crippen molar-refractivity contribution in [1.29, 1.82) is 0 Å². The molecule has 0 aliphatic heterocycles. The number of carbonyl (C=O) groups excluding carboxylic acids is 1. The standard InChI is InChI=1S/C20H28N2O2/c1-14(2)22-15(3)12-18(16(22)4)19(23)13-21-11-10-17-8-6-7-9-20(17)24-5/h6-9,12,14,21H,10-11,13H2,1-5H3. The number of nitrogens with zero attached hydrogens (tertiary/aromatic N) is 1. The van der Waals surface area contributed by atoms with Crippen molar-refractivity contribution >= 4 is 5.78 Å². The maximum atomic E-state index is 12.5. The fourth-order valence-electron chi connectivity index (χ4n) is 3.28. The van der Waals surface area contributed by atoms with Crippen molar-refractivity contribution in [1.82, 2.24) is 9.88 Å². The molecule has 0 aliphatic carbocycles. The molecule has 1 aromatic carbocycles. The number of hydrogen-bond acceptors (Lipinski definition) is 3. The number of ether oxygens (including phenoxy) is 1. The number of Topliss-reactive ketones (excluding diaryl/α,β-unsaturated/α-hetero) is 1. The number of ketones is 1. The Morgan fingerprint density at radius 2 is 1.96 bits per heavy atom. The minimum Gasteiger partial charge on any atom is -0.496 e. The zero-order valence-electron chi connectivity index (χ0n) is 15.3. The molecule has 2 rings (SSSR count). The number of para-hydroxylation sites is 1. The first-order valence-electron chi connectivity index (χ1n) is 8.50. The molecule has 1 aromatic heterocycles. The van der Waals surface area contributed by atoms with Gasteiger partial charge >= 0.3 is 0 Å². The number of methoxy groups -OCH3 is 1. The third kappa shape index (κ3) is 4.06. The van der Waals surface area contributed by atoms with E-state index < -0.39 is 0 Å². The summed E-state index contributed by atoms with van der Waals surface area (Å²) in [5.41, 5.74) is 4.17. The highest BCUT2D eigenvalue weighted by Gasteiger charge is 2.16. The van der Waals surface area contributed by atoms with Gasteiger partial charge in [0.1, 0.15) is 5.75 Å². The Kier molecular flexibility index (Phi) is 6.21. The van der Waals surface area contributed by atoms with Gasteiger partial charge in [-0.3, -0.25) is 4.79 Å². The quantitative estimate of drug-likeness (QED) is 0.593. The third-order valence-corrected chi connectivity index (χ3v) is 4.35. The Hall–Kier alpha value is -2.07. The molecular formula is C20H28N2O2. The van der Waals surface area contributed by atoms with Crippen LogP contribution >= 0.6 is 0 Å². The van der Waals surface area contributed by atoms with E-state index in [1.807, 2.05) is 31.2 Å². The van der Waals surface area contributed by atoms with Crippen LogP contribution in [0, 0.1) is 13.8 Å². The van der Waals surface area contributed by atoms with E-state index in [0.29, 0.717) is 12.6 Å². The summed E-state index contributed by atoms with van der Waals surface area (Å²) in [6.07, 6.45) is 0.836. The van der Waals surface area contributed by atoms with Crippen molar-refractivity contribution in [3.63, 3.8) is 0 Å². The van der Waals surface area contributed by atoms with Crippen molar-refractivity contribution in [2.45, 2.75) is 40.2 Å². The van der Waals surface area contributed by atoms with Crippen LogP contribution in [0.4, 0.5) is 0 Å². The fourth-order valence-corrected chi connectivity index (χ4v) is 3.28. The Morgan fingerprint density at radius 3 is 2.58 bits per heavy atom. The van der Waals surface area contributed by atoms with E-state index in [1.54, 1.807) is 7.11 Å². The zero-order chi connectivity index (χ0) is 17.7. The lowest BCUT2D eigenvalue weighted by Crippen LogP contribution is -2.25. The van der Waals surface area contributed by atoms with Gasteiger partial charge < -0.3 is 14.6 Å². The molecule has 130 valence electrons. The normalized spacial score (nSPS) is 11.1. The van der Waals surface area contributed by atoms with Crippen molar-refractivity contribution < 1.29 is 9.53 Å². The van der Waals surface area contributed by atoms with Crippen LogP contribution in [-0.4, -0.2) is 30.5 Å². The molecule has 0 unspecified atom stereocenters. The summed E-state index contributed by atoms with van der Waals surface area (Å²) >= 11 is 0. The van der Waals surface area contributed by atoms with Crippen molar-refractivity contribution in [3.05, 3.63) is 52.8 Å². The van der Waals surface area contributed by atoms with E-state index in [0.717, 1.165) is 41.2 Å². The Morgan fingerprint density at radius 1 is 1.25 bits per heavy atom. The maximum Gasteiger partial charge on any atom is 0.178 e. The van der Waals surface area contributed by atoms with E-state index in [1.165, 1.54) is 0 Å². The summed E-state index contributed by atoms with van der Waals surface area (Å²) in [7, 11) is 1.68. The summed E-state index contributed by atoms with van der Waals surface area (Å²) in [6, 6.07) is 10.3. The van der Waals surface area contributed by atoms with Crippen LogP contribution < -0.4 is 10.1 Å². The van der Waals surface area contributed by atoms with Gasteiger partial charge in [-0.2, -0.15) is 0 Å². The highest BCUT2D eigenvalue weighted by atomic mass is 16.5. The first kappa shape index (κ1) is 18.3. The van der Waals surface area contributed by atoms with E-state index in [9.17, 15) is 4.79 Å². The summed E-state index contributed by atoms with van der Waals surface area (Å²) in [5.74, 6) is 1.04. The SMILES string of the molecule is COc1ccccc1CCNCC(=O)c1cc(C)n(C(C)C)c1C. The summed E-state index contributed by atoms with van der Waals surface area (Å²) in [4.78, 5) is 12.5. The van der Waals surface area contributed by atoms with Crippen LogP contribution in [0.15, 0.2) is 30.3 Å². The average Bonchev–Trinajstić information content (AvgIpc) is 2.86. The number of rotatable bonds is 8. The van der Waals surface area contributed by atoms with Crippen molar-refractivity contribution in [2.75, 3.05) is 20.2 Å². The summed E-state index contributed by atoms with van der Waals surface area (Å²) in [5, 5.41) is 3.25. The minimum absolute atomic E-state index is 0.148. The molecule has 24 heavy (non-hydrogen) atoms. The highest BCUT2D eigenvalue weighted by molar-refractivity contribution is 5.99. The van der Waals surface area contributed by atoms with Gasteiger partial charge in [0.05, 0.1) is 13.7 Å². The zero-order valence-corrected chi connectivity index (χ0v) is 15.3. The minimum atomic E-state index is 0.148. The predicted molar refractivity (Wildman–Crippen MR) is 98.2 cm³/mol. The van der Waals surface area contributed by atoms with E-state index in [-0.39, 0.29) is 5.78 Å². The second-order valence-electron chi connectivity index (χ2n) is 6.41. The van der Waals surface area contributed by atoms with E-state index in [2.05, 4.69) is 36.7 Å². The van der Waals surface area contributed by atoms with E-state index in [4.69, 9.17) is 4.74 Å². The second-order valence-corrected chi connectivity index (χ2v) is 6.41. The molecule has 0 spiro atoms. The highest BCUT2D eigenvalue weighted by Crippen LogP contribution is 2.20. The average molecular weight is 328 g/mol. The maximum absolute atomic E-state index is 12.5. The fraction of sp³-hybridized carbons (Fsp3) is 0.450. The number of aromatic nitrogens is 1. The van der Waals surface area contributed by atoms with Crippen LogP contribution in [0.3, 0.4) is 0 Å². The van der Waals surface area contributed by atoms with Crippen molar-refractivity contribution in [3.8, 4) is 5.75 Å². The molecule has 1 N–H and O–H groups in total. The Labute approximate surface area is 144 Å². The van der Waals surface area contributed by atoms with Crippen LogP contribution in [0.5, 0.6) is 5.75 Å². The molecule has 4 nitrogen and oxygen atoms in total. The molecule has 0 saturated carbocycles. The molecule has 0 radical (unpaired) electrons. The summed E-state index contributed by atoms with van der Waals surface area (Å²) < 4.78 is 7.56. The molecule has 0 aliphatic rings. The first-order chi connectivity index (χ1) is 11.5. The number of benzene rings is 1. The second kappa shape index (κ2) is 8.15. The Balaban J connectivity index is 1.91. The third-order valence-electron chi connectivity index (χ3n) is 4.35. The molecule has 1 heterocycles. The molecular weight excluding hydrogens is 300 g/mol.